The molecule has 3 fully saturated rings. The number of hydrogen-bond acceptors (Lipinski definition) is 5. The van der Waals surface area contributed by atoms with E-state index >= 15 is 0 Å². The van der Waals surface area contributed by atoms with Crippen LogP contribution in [0.5, 0.6) is 0 Å². The molecule has 0 aromatic heterocycles. The van der Waals surface area contributed by atoms with Crippen molar-refractivity contribution in [2.24, 2.45) is 11.1 Å². The smallest absolute Gasteiger partial charge is 0.243 e. The second kappa shape index (κ2) is 9.94. The molecule has 9 heteroatoms. The van der Waals surface area contributed by atoms with E-state index in [1.807, 2.05) is 30.6 Å². The van der Waals surface area contributed by atoms with E-state index in [-0.39, 0.29) is 48.1 Å². The molecule has 2 N–H and O–H groups in total. The van der Waals surface area contributed by atoms with Gasteiger partial charge >= 0.3 is 0 Å². The Kier molecular flexibility index (Phi) is 9.03. The van der Waals surface area contributed by atoms with Crippen LogP contribution >= 0.6 is 24.8 Å². The molecule has 2 unspecified atom stereocenters. The Morgan fingerprint density at radius 1 is 1.00 bits per heavy atom. The lowest BCUT2D eigenvalue weighted by molar-refractivity contribution is -0.180. The fraction of sp³-hybridized carbons (Fsp3) is 0.895. The van der Waals surface area contributed by atoms with Crippen LogP contribution in [0, 0.1) is 5.41 Å². The first kappa shape index (κ1) is 25.4. The average Bonchev–Trinajstić information content (AvgIpc) is 3.16. The lowest BCUT2D eigenvalue weighted by Crippen LogP contribution is -2.76. The van der Waals surface area contributed by atoms with Gasteiger partial charge in [0, 0.05) is 57.7 Å². The molecule has 0 aromatic carbocycles. The van der Waals surface area contributed by atoms with Crippen molar-refractivity contribution in [3.05, 3.63) is 0 Å². The second-order valence-corrected chi connectivity index (χ2v) is 8.50. The minimum absolute atomic E-state index is 0. The fourth-order valence-corrected chi connectivity index (χ4v) is 4.45. The van der Waals surface area contributed by atoms with Crippen molar-refractivity contribution < 1.29 is 14.3 Å². The topological polar surface area (TPSA) is 79.1 Å². The van der Waals surface area contributed by atoms with Crippen molar-refractivity contribution in [1.82, 2.24) is 14.7 Å². The van der Waals surface area contributed by atoms with Crippen LogP contribution in [0.1, 0.15) is 40.0 Å². The van der Waals surface area contributed by atoms with Crippen molar-refractivity contribution in [3.8, 4) is 0 Å². The van der Waals surface area contributed by atoms with Crippen LogP contribution in [0.2, 0.25) is 0 Å². The number of amides is 2. The number of carbonyl (C=O) groups is 2. The number of likely N-dealkylation sites (tertiary alicyclic amines) is 1. The van der Waals surface area contributed by atoms with E-state index < -0.39 is 5.54 Å². The van der Waals surface area contributed by atoms with Gasteiger partial charge in [-0.2, -0.15) is 0 Å². The summed E-state index contributed by atoms with van der Waals surface area (Å²) in [4.78, 5) is 31.3. The molecule has 2 saturated heterocycles. The van der Waals surface area contributed by atoms with Gasteiger partial charge in [-0.05, 0) is 19.8 Å². The highest BCUT2D eigenvalue weighted by molar-refractivity contribution is 5.89. The molecule has 28 heavy (non-hydrogen) atoms. The number of rotatable bonds is 5. The summed E-state index contributed by atoms with van der Waals surface area (Å²) in [6.07, 6.45) is 2.86. The maximum absolute atomic E-state index is 13.1. The standard InChI is InChI=1S/C19H34N4O3.2ClH/c1-4-26-15-13-19(20,18(15,2)3)17(25)23-11-9-21(10-12-23)14-16(24)22-7-5-6-8-22;;/h15H,4-14,20H2,1-3H3;2*1H. The predicted octanol–water partition coefficient (Wildman–Crippen LogP) is 1.13. The van der Waals surface area contributed by atoms with E-state index in [1.165, 1.54) is 0 Å². The molecule has 2 heterocycles. The van der Waals surface area contributed by atoms with Gasteiger partial charge in [-0.1, -0.05) is 13.8 Å². The summed E-state index contributed by atoms with van der Waals surface area (Å²) < 4.78 is 5.73. The Balaban J connectivity index is 0.00000196. The third kappa shape index (κ3) is 4.59. The van der Waals surface area contributed by atoms with E-state index in [0.717, 1.165) is 39.0 Å². The van der Waals surface area contributed by atoms with Crippen LogP contribution in [0.3, 0.4) is 0 Å². The summed E-state index contributed by atoms with van der Waals surface area (Å²) in [5, 5.41) is 0. The summed E-state index contributed by atoms with van der Waals surface area (Å²) in [5.41, 5.74) is 5.32. The summed E-state index contributed by atoms with van der Waals surface area (Å²) in [7, 11) is 0. The molecule has 7 nitrogen and oxygen atoms in total. The molecule has 164 valence electrons. The number of nitrogens with zero attached hydrogens (tertiary/aromatic N) is 3. The Hall–Kier alpha value is -0.600. The SMILES string of the molecule is CCOC1CC(N)(C(=O)N2CCN(CC(=O)N3CCCC3)CC2)C1(C)C.Cl.Cl. The number of ether oxygens (including phenoxy) is 1. The maximum Gasteiger partial charge on any atom is 0.243 e. The van der Waals surface area contributed by atoms with Crippen LogP contribution in [0.25, 0.3) is 0 Å². The summed E-state index contributed by atoms with van der Waals surface area (Å²) in [6, 6.07) is 0. The zero-order valence-electron chi connectivity index (χ0n) is 17.3. The molecular formula is C19H36Cl2N4O3. The number of halogens is 2. The number of hydrogen-bond donors (Lipinski definition) is 1. The first-order valence-corrected chi connectivity index (χ1v) is 9.99. The van der Waals surface area contributed by atoms with Crippen LogP contribution < -0.4 is 5.73 Å². The van der Waals surface area contributed by atoms with E-state index in [4.69, 9.17) is 10.5 Å². The van der Waals surface area contributed by atoms with Crippen LogP contribution in [-0.2, 0) is 14.3 Å². The molecule has 2 amide bonds. The maximum atomic E-state index is 13.1. The fourth-order valence-electron chi connectivity index (χ4n) is 4.45. The van der Waals surface area contributed by atoms with Crippen molar-refractivity contribution in [1.29, 1.82) is 0 Å². The van der Waals surface area contributed by atoms with E-state index in [1.54, 1.807) is 0 Å². The van der Waals surface area contributed by atoms with Crippen LogP contribution in [0.15, 0.2) is 0 Å². The molecule has 0 spiro atoms. The summed E-state index contributed by atoms with van der Waals surface area (Å²) in [5.74, 6) is 0.251. The van der Waals surface area contributed by atoms with Gasteiger partial charge in [0.05, 0.1) is 12.6 Å². The summed E-state index contributed by atoms with van der Waals surface area (Å²) in [6.45, 7) is 11.7. The van der Waals surface area contributed by atoms with E-state index in [2.05, 4.69) is 4.90 Å². The Morgan fingerprint density at radius 2 is 1.57 bits per heavy atom. The second-order valence-electron chi connectivity index (χ2n) is 8.50. The average molecular weight is 439 g/mol. The number of nitrogens with two attached hydrogens (primary N) is 1. The van der Waals surface area contributed by atoms with Gasteiger partial charge in [-0.25, -0.2) is 0 Å². The molecule has 2 atom stereocenters. The highest BCUT2D eigenvalue weighted by Crippen LogP contribution is 2.50. The highest BCUT2D eigenvalue weighted by Gasteiger charge is 2.63. The van der Waals surface area contributed by atoms with Crippen molar-refractivity contribution >= 4 is 36.6 Å². The summed E-state index contributed by atoms with van der Waals surface area (Å²) >= 11 is 0. The van der Waals surface area contributed by atoms with Crippen molar-refractivity contribution in [3.63, 3.8) is 0 Å². The van der Waals surface area contributed by atoms with Gasteiger partial charge in [0.15, 0.2) is 0 Å². The third-order valence-corrected chi connectivity index (χ3v) is 6.69. The molecule has 1 aliphatic carbocycles. The quantitative estimate of drug-likeness (QED) is 0.695. The number of carbonyl (C=O) groups excluding carboxylic acids is 2. The lowest BCUT2D eigenvalue weighted by atomic mass is 9.54. The Labute approximate surface area is 181 Å². The van der Waals surface area contributed by atoms with Crippen LogP contribution in [-0.4, -0.2) is 90.6 Å². The molecule has 2 aliphatic heterocycles. The van der Waals surface area contributed by atoms with Gasteiger partial charge in [0.1, 0.15) is 5.54 Å². The predicted molar refractivity (Wildman–Crippen MR) is 114 cm³/mol. The van der Waals surface area contributed by atoms with Crippen molar-refractivity contribution in [2.75, 3.05) is 52.4 Å². The van der Waals surface area contributed by atoms with Crippen molar-refractivity contribution in [2.45, 2.75) is 51.7 Å². The lowest BCUT2D eigenvalue weighted by Gasteiger charge is -2.59. The minimum atomic E-state index is -0.847. The van der Waals surface area contributed by atoms with E-state index in [9.17, 15) is 9.59 Å². The van der Waals surface area contributed by atoms with E-state index in [0.29, 0.717) is 32.7 Å². The first-order chi connectivity index (χ1) is 12.3. The number of piperazine rings is 1. The zero-order valence-corrected chi connectivity index (χ0v) is 18.9. The molecule has 1 saturated carbocycles. The minimum Gasteiger partial charge on any atom is -0.378 e. The Bertz CT molecular complexity index is 549. The Morgan fingerprint density at radius 3 is 2.07 bits per heavy atom. The molecule has 0 radical (unpaired) electrons. The molecule has 0 bridgehead atoms. The van der Waals surface area contributed by atoms with Gasteiger partial charge in [-0.3, -0.25) is 14.5 Å². The molecule has 0 aromatic rings. The van der Waals surface area contributed by atoms with Gasteiger partial charge in [-0.15, -0.1) is 24.8 Å². The van der Waals surface area contributed by atoms with Gasteiger partial charge < -0.3 is 20.3 Å². The zero-order chi connectivity index (χ0) is 18.9. The first-order valence-electron chi connectivity index (χ1n) is 9.99. The largest absolute Gasteiger partial charge is 0.378 e. The van der Waals surface area contributed by atoms with Gasteiger partial charge in [0.25, 0.3) is 0 Å². The van der Waals surface area contributed by atoms with Crippen LogP contribution in [0.4, 0.5) is 0 Å². The third-order valence-electron chi connectivity index (χ3n) is 6.69. The molecule has 3 rings (SSSR count). The molecular weight excluding hydrogens is 403 g/mol. The normalized spacial score (nSPS) is 29.5. The van der Waals surface area contributed by atoms with Gasteiger partial charge in [0.2, 0.25) is 11.8 Å². The molecule has 3 aliphatic rings. The highest BCUT2D eigenvalue weighted by atomic mass is 35.5. The monoisotopic (exact) mass is 438 g/mol.